The number of aromatic nitrogens is 2. The second kappa shape index (κ2) is 4.37. The first kappa shape index (κ1) is 12.2. The van der Waals surface area contributed by atoms with E-state index in [9.17, 15) is 4.79 Å². The minimum Gasteiger partial charge on any atom is -0.350 e. The normalized spacial score (nSPS) is 23.2. The standard InChI is InChI=1S/C15H19N3O/c1-11(2)15(7-6-14(19)17-15)9-12-10-18-8-4-3-5-13(18)16-12/h3-5,8,10-11H,6-7,9H2,1-2H3,(H,17,19). The first-order valence-electron chi connectivity index (χ1n) is 6.83. The molecule has 1 amide bonds. The minimum atomic E-state index is -0.130. The van der Waals surface area contributed by atoms with Crippen molar-refractivity contribution >= 4 is 11.6 Å². The molecule has 0 aliphatic carbocycles. The summed E-state index contributed by atoms with van der Waals surface area (Å²) in [5.41, 5.74) is 1.87. The zero-order chi connectivity index (χ0) is 13.5. The average molecular weight is 257 g/mol. The zero-order valence-electron chi connectivity index (χ0n) is 11.4. The van der Waals surface area contributed by atoms with Gasteiger partial charge in [-0.1, -0.05) is 19.9 Å². The Balaban J connectivity index is 1.92. The van der Waals surface area contributed by atoms with Crippen LogP contribution in [0.15, 0.2) is 30.6 Å². The van der Waals surface area contributed by atoms with Gasteiger partial charge in [0.05, 0.1) is 5.69 Å². The summed E-state index contributed by atoms with van der Waals surface area (Å²) >= 11 is 0. The third-order valence-electron chi connectivity index (χ3n) is 4.20. The summed E-state index contributed by atoms with van der Waals surface area (Å²) in [4.78, 5) is 16.2. The second-order valence-electron chi connectivity index (χ2n) is 5.73. The fraction of sp³-hybridized carbons (Fsp3) is 0.467. The highest BCUT2D eigenvalue weighted by molar-refractivity contribution is 5.79. The van der Waals surface area contributed by atoms with Gasteiger partial charge in [-0.15, -0.1) is 0 Å². The molecule has 4 nitrogen and oxygen atoms in total. The Kier molecular flexibility index (Phi) is 2.81. The van der Waals surface area contributed by atoms with Gasteiger partial charge in [0.15, 0.2) is 0 Å². The van der Waals surface area contributed by atoms with E-state index in [-0.39, 0.29) is 11.4 Å². The number of fused-ring (bicyclic) bond motifs is 1. The van der Waals surface area contributed by atoms with Crippen molar-refractivity contribution in [2.75, 3.05) is 0 Å². The number of carbonyl (C=O) groups is 1. The molecule has 1 unspecified atom stereocenters. The van der Waals surface area contributed by atoms with E-state index in [1.165, 1.54) is 0 Å². The maximum Gasteiger partial charge on any atom is 0.220 e. The van der Waals surface area contributed by atoms with Crippen LogP contribution in [-0.4, -0.2) is 20.8 Å². The fourth-order valence-corrected chi connectivity index (χ4v) is 2.90. The van der Waals surface area contributed by atoms with Crippen molar-refractivity contribution in [3.63, 3.8) is 0 Å². The quantitative estimate of drug-likeness (QED) is 0.916. The van der Waals surface area contributed by atoms with Crippen molar-refractivity contribution in [1.82, 2.24) is 14.7 Å². The maximum atomic E-state index is 11.6. The van der Waals surface area contributed by atoms with E-state index in [1.54, 1.807) is 0 Å². The molecule has 3 heterocycles. The minimum absolute atomic E-state index is 0.130. The summed E-state index contributed by atoms with van der Waals surface area (Å²) in [5.74, 6) is 0.571. The van der Waals surface area contributed by atoms with Gasteiger partial charge >= 0.3 is 0 Å². The van der Waals surface area contributed by atoms with Gasteiger partial charge in [0.1, 0.15) is 5.65 Å². The first-order valence-corrected chi connectivity index (χ1v) is 6.83. The number of rotatable bonds is 3. The highest BCUT2D eigenvalue weighted by atomic mass is 16.2. The average Bonchev–Trinajstić information content (AvgIpc) is 2.93. The topological polar surface area (TPSA) is 46.4 Å². The molecule has 1 aliphatic heterocycles. The van der Waals surface area contributed by atoms with Crippen molar-refractivity contribution in [2.24, 2.45) is 5.92 Å². The number of imidazole rings is 1. The fourth-order valence-electron chi connectivity index (χ4n) is 2.90. The second-order valence-corrected chi connectivity index (χ2v) is 5.73. The molecule has 19 heavy (non-hydrogen) atoms. The van der Waals surface area contributed by atoms with Gasteiger partial charge in [0.25, 0.3) is 0 Å². The van der Waals surface area contributed by atoms with Gasteiger partial charge in [-0.05, 0) is 24.5 Å². The van der Waals surface area contributed by atoms with Crippen LogP contribution in [0.1, 0.15) is 32.4 Å². The molecule has 1 saturated heterocycles. The van der Waals surface area contributed by atoms with Crippen LogP contribution >= 0.6 is 0 Å². The van der Waals surface area contributed by atoms with Crippen LogP contribution in [0.5, 0.6) is 0 Å². The number of hydrogen-bond donors (Lipinski definition) is 1. The van der Waals surface area contributed by atoms with Gasteiger partial charge < -0.3 is 9.72 Å². The van der Waals surface area contributed by atoms with Crippen molar-refractivity contribution in [2.45, 2.75) is 38.6 Å². The van der Waals surface area contributed by atoms with E-state index >= 15 is 0 Å². The Bertz CT molecular complexity index is 584. The molecule has 2 aromatic rings. The number of hydrogen-bond acceptors (Lipinski definition) is 2. The van der Waals surface area contributed by atoms with E-state index in [1.807, 2.05) is 28.8 Å². The molecule has 100 valence electrons. The van der Waals surface area contributed by atoms with Crippen molar-refractivity contribution in [3.8, 4) is 0 Å². The predicted molar refractivity (Wildman–Crippen MR) is 73.8 cm³/mol. The number of nitrogens with one attached hydrogen (secondary N) is 1. The van der Waals surface area contributed by atoms with E-state index in [0.717, 1.165) is 24.2 Å². The van der Waals surface area contributed by atoms with Gasteiger partial charge in [-0.25, -0.2) is 4.98 Å². The molecular formula is C15H19N3O. The third-order valence-corrected chi connectivity index (χ3v) is 4.20. The smallest absolute Gasteiger partial charge is 0.220 e. The summed E-state index contributed by atoms with van der Waals surface area (Å²) in [6.07, 6.45) is 6.39. The van der Waals surface area contributed by atoms with Crippen LogP contribution in [0, 0.1) is 5.92 Å². The van der Waals surface area contributed by atoms with Crippen molar-refractivity contribution < 1.29 is 4.79 Å². The molecule has 1 N–H and O–H groups in total. The number of nitrogens with zero attached hydrogens (tertiary/aromatic N) is 2. The summed E-state index contributed by atoms with van der Waals surface area (Å²) in [6.45, 7) is 4.34. The van der Waals surface area contributed by atoms with Gasteiger partial charge in [0.2, 0.25) is 5.91 Å². The van der Waals surface area contributed by atoms with Crippen molar-refractivity contribution in [3.05, 3.63) is 36.3 Å². The predicted octanol–water partition coefficient (Wildman–Crippen LogP) is 2.18. The molecular weight excluding hydrogens is 238 g/mol. The third kappa shape index (κ3) is 2.11. The monoisotopic (exact) mass is 257 g/mol. The molecule has 0 bridgehead atoms. The van der Waals surface area contributed by atoms with Crippen LogP contribution in [-0.2, 0) is 11.2 Å². The van der Waals surface area contributed by atoms with Crippen LogP contribution in [0.4, 0.5) is 0 Å². The molecule has 0 radical (unpaired) electrons. The van der Waals surface area contributed by atoms with Gasteiger partial charge in [-0.3, -0.25) is 4.79 Å². The molecule has 0 spiro atoms. The highest BCUT2D eigenvalue weighted by Gasteiger charge is 2.40. The highest BCUT2D eigenvalue weighted by Crippen LogP contribution is 2.31. The van der Waals surface area contributed by atoms with Crippen LogP contribution in [0.25, 0.3) is 5.65 Å². The summed E-state index contributed by atoms with van der Waals surface area (Å²) in [5, 5.41) is 3.17. The SMILES string of the molecule is CC(C)C1(Cc2cn3ccccc3n2)CCC(=O)N1. The van der Waals surface area contributed by atoms with Gasteiger partial charge in [0, 0.05) is 30.8 Å². The lowest BCUT2D eigenvalue weighted by molar-refractivity contribution is -0.120. The molecule has 1 aliphatic rings. The van der Waals surface area contributed by atoms with Crippen LogP contribution in [0.3, 0.4) is 0 Å². The molecule has 3 rings (SSSR count). The lowest BCUT2D eigenvalue weighted by atomic mass is 9.81. The molecule has 1 atom stereocenters. The molecule has 2 aromatic heterocycles. The Morgan fingerprint density at radius 1 is 1.47 bits per heavy atom. The maximum absolute atomic E-state index is 11.6. The lowest BCUT2D eigenvalue weighted by Gasteiger charge is -2.32. The molecule has 4 heteroatoms. The van der Waals surface area contributed by atoms with Crippen LogP contribution < -0.4 is 5.32 Å². The van der Waals surface area contributed by atoms with E-state index in [2.05, 4.69) is 30.3 Å². The van der Waals surface area contributed by atoms with E-state index in [0.29, 0.717) is 12.3 Å². The number of pyridine rings is 1. The summed E-state index contributed by atoms with van der Waals surface area (Å²) < 4.78 is 2.03. The largest absolute Gasteiger partial charge is 0.350 e. The summed E-state index contributed by atoms with van der Waals surface area (Å²) in [7, 11) is 0. The lowest BCUT2D eigenvalue weighted by Crippen LogP contribution is -2.48. The zero-order valence-corrected chi connectivity index (χ0v) is 11.4. The van der Waals surface area contributed by atoms with Crippen molar-refractivity contribution in [1.29, 1.82) is 0 Å². The Labute approximate surface area is 112 Å². The van der Waals surface area contributed by atoms with Gasteiger partial charge in [-0.2, -0.15) is 0 Å². The Hall–Kier alpha value is -1.84. The summed E-state index contributed by atoms with van der Waals surface area (Å²) in [6, 6.07) is 5.98. The Morgan fingerprint density at radius 3 is 2.95 bits per heavy atom. The first-order chi connectivity index (χ1) is 9.09. The number of amides is 1. The molecule has 0 aromatic carbocycles. The Morgan fingerprint density at radius 2 is 2.32 bits per heavy atom. The van der Waals surface area contributed by atoms with Crippen LogP contribution in [0.2, 0.25) is 0 Å². The van der Waals surface area contributed by atoms with E-state index < -0.39 is 0 Å². The molecule has 0 saturated carbocycles. The number of carbonyl (C=O) groups excluding carboxylic acids is 1. The molecule has 1 fully saturated rings. The van der Waals surface area contributed by atoms with E-state index in [4.69, 9.17) is 0 Å².